The molecule has 0 aliphatic carbocycles. The molecule has 0 spiro atoms. The van der Waals surface area contributed by atoms with Gasteiger partial charge in [-0.25, -0.2) is 9.79 Å². The molecule has 0 fully saturated rings. The molecule has 0 radical (unpaired) electrons. The molecular formula is C31H23Cl3N2O6S. The average molecular weight is 658 g/mol. The minimum absolute atomic E-state index is 0.0927. The Kier molecular flexibility index (Phi) is 8.24. The summed E-state index contributed by atoms with van der Waals surface area (Å²) >= 11 is 19.9. The standard InChI is InChI=1S/C31H23Cl3N2O6S/c1-3-39-30(38)27-16(2)35-31-36(28(27)17-5-8-24-25(11-17)42-15-41-24)29(37)26(43-31)12-19-10-20(32)7-9-23(19)40-14-18-4-6-21(33)13-22(18)34/h4-13,28H,3,14-15H2,1-2H3/b26-12-/t28-/m1/s1. The third-order valence-electron chi connectivity index (χ3n) is 6.89. The maximum absolute atomic E-state index is 14.1. The van der Waals surface area contributed by atoms with E-state index in [2.05, 4.69) is 4.99 Å². The van der Waals surface area contributed by atoms with Crippen molar-refractivity contribution in [3.63, 3.8) is 0 Å². The summed E-state index contributed by atoms with van der Waals surface area (Å²) < 4.78 is 24.4. The van der Waals surface area contributed by atoms with Crippen LogP contribution in [0, 0.1) is 0 Å². The Balaban J connectivity index is 1.45. The molecule has 0 N–H and O–H groups in total. The number of esters is 1. The van der Waals surface area contributed by atoms with Gasteiger partial charge < -0.3 is 18.9 Å². The lowest BCUT2D eigenvalue weighted by molar-refractivity contribution is -0.139. The molecule has 1 atom stereocenters. The van der Waals surface area contributed by atoms with Gasteiger partial charge in [0.15, 0.2) is 16.3 Å². The number of halogens is 3. The number of allylic oxidation sites excluding steroid dienone is 1. The Hall–Kier alpha value is -3.76. The van der Waals surface area contributed by atoms with E-state index in [0.29, 0.717) is 58.5 Å². The van der Waals surface area contributed by atoms with Gasteiger partial charge in [0.1, 0.15) is 12.4 Å². The highest BCUT2D eigenvalue weighted by molar-refractivity contribution is 7.07. The van der Waals surface area contributed by atoms with Crippen LogP contribution in [0.15, 0.2) is 75.7 Å². The zero-order valence-electron chi connectivity index (χ0n) is 22.9. The highest BCUT2D eigenvalue weighted by Gasteiger charge is 2.34. The lowest BCUT2D eigenvalue weighted by Gasteiger charge is -2.24. The molecule has 0 saturated carbocycles. The Labute approximate surface area is 265 Å². The number of fused-ring (bicyclic) bond motifs is 2. The number of carbonyl (C=O) groups excluding carboxylic acids is 1. The maximum atomic E-state index is 14.1. The van der Waals surface area contributed by atoms with Gasteiger partial charge in [-0.1, -0.05) is 58.3 Å². The summed E-state index contributed by atoms with van der Waals surface area (Å²) in [4.78, 5) is 32.3. The van der Waals surface area contributed by atoms with Gasteiger partial charge in [-0.2, -0.15) is 0 Å². The highest BCUT2D eigenvalue weighted by atomic mass is 35.5. The van der Waals surface area contributed by atoms with Crippen molar-refractivity contribution >= 4 is 58.2 Å². The summed E-state index contributed by atoms with van der Waals surface area (Å²) in [5, 5.41) is 1.47. The van der Waals surface area contributed by atoms with Gasteiger partial charge in [-0.3, -0.25) is 9.36 Å². The Bertz CT molecular complexity index is 1980. The summed E-state index contributed by atoms with van der Waals surface area (Å²) in [6, 6.07) is 14.9. The van der Waals surface area contributed by atoms with Crippen LogP contribution in [0.2, 0.25) is 15.1 Å². The van der Waals surface area contributed by atoms with E-state index in [1.54, 1.807) is 74.5 Å². The summed E-state index contributed by atoms with van der Waals surface area (Å²) in [6.45, 7) is 3.90. The fourth-order valence-corrected chi connectivity index (χ4v) is 6.57. The van der Waals surface area contributed by atoms with Crippen molar-refractivity contribution in [2.45, 2.75) is 26.5 Å². The lowest BCUT2D eigenvalue weighted by Crippen LogP contribution is -2.39. The molecule has 6 rings (SSSR count). The number of thiazole rings is 1. The first kappa shape index (κ1) is 29.3. The van der Waals surface area contributed by atoms with Gasteiger partial charge >= 0.3 is 5.97 Å². The molecule has 3 heterocycles. The van der Waals surface area contributed by atoms with Crippen LogP contribution in [-0.2, 0) is 16.1 Å². The highest BCUT2D eigenvalue weighted by Crippen LogP contribution is 2.38. The van der Waals surface area contributed by atoms with E-state index in [1.807, 2.05) is 0 Å². The molecule has 43 heavy (non-hydrogen) atoms. The maximum Gasteiger partial charge on any atom is 0.338 e. The Morgan fingerprint density at radius 1 is 1.07 bits per heavy atom. The molecule has 0 amide bonds. The number of nitrogens with zero attached hydrogens (tertiary/aromatic N) is 2. The second kappa shape index (κ2) is 12.1. The van der Waals surface area contributed by atoms with E-state index in [9.17, 15) is 9.59 Å². The van der Waals surface area contributed by atoms with Crippen molar-refractivity contribution in [3.05, 3.63) is 117 Å². The van der Waals surface area contributed by atoms with Gasteiger partial charge in [0, 0.05) is 26.2 Å². The molecule has 0 unspecified atom stereocenters. The van der Waals surface area contributed by atoms with E-state index < -0.39 is 12.0 Å². The van der Waals surface area contributed by atoms with E-state index in [1.165, 1.54) is 15.9 Å². The molecule has 0 saturated heterocycles. The number of carbonyl (C=O) groups is 1. The molecule has 3 aromatic carbocycles. The van der Waals surface area contributed by atoms with E-state index in [-0.39, 0.29) is 31.1 Å². The van der Waals surface area contributed by atoms with E-state index >= 15 is 0 Å². The zero-order valence-corrected chi connectivity index (χ0v) is 25.9. The predicted octanol–water partition coefficient (Wildman–Crippen LogP) is 6.07. The quantitative estimate of drug-likeness (QED) is 0.225. The molecule has 0 bridgehead atoms. The lowest BCUT2D eigenvalue weighted by atomic mass is 9.95. The third-order valence-corrected chi connectivity index (χ3v) is 8.69. The van der Waals surface area contributed by atoms with Crippen molar-refractivity contribution in [1.29, 1.82) is 0 Å². The van der Waals surface area contributed by atoms with Crippen LogP contribution in [0.1, 0.15) is 36.6 Å². The number of aromatic nitrogens is 1. The van der Waals surface area contributed by atoms with Crippen molar-refractivity contribution < 1.29 is 23.7 Å². The molecule has 4 aromatic rings. The number of ether oxygens (including phenoxy) is 4. The van der Waals surface area contributed by atoms with Crippen molar-refractivity contribution in [2.75, 3.05) is 13.4 Å². The first-order chi connectivity index (χ1) is 20.7. The number of hydrogen-bond acceptors (Lipinski definition) is 8. The first-order valence-electron chi connectivity index (χ1n) is 13.2. The van der Waals surface area contributed by atoms with Crippen LogP contribution in [0.5, 0.6) is 17.2 Å². The van der Waals surface area contributed by atoms with Gasteiger partial charge in [0.2, 0.25) is 6.79 Å². The molecule has 1 aromatic heterocycles. The monoisotopic (exact) mass is 656 g/mol. The second-order valence-corrected chi connectivity index (χ2v) is 11.9. The molecule has 12 heteroatoms. The van der Waals surface area contributed by atoms with Crippen LogP contribution < -0.4 is 29.1 Å². The van der Waals surface area contributed by atoms with Crippen molar-refractivity contribution in [3.8, 4) is 17.2 Å². The van der Waals surface area contributed by atoms with Gasteiger partial charge in [0.05, 0.1) is 28.5 Å². The summed E-state index contributed by atoms with van der Waals surface area (Å²) in [6.07, 6.45) is 1.70. The van der Waals surface area contributed by atoms with Crippen molar-refractivity contribution in [1.82, 2.24) is 4.57 Å². The Morgan fingerprint density at radius 3 is 2.63 bits per heavy atom. The van der Waals surface area contributed by atoms with Gasteiger partial charge in [-0.05, 0) is 68.0 Å². The number of rotatable bonds is 7. The van der Waals surface area contributed by atoms with Crippen molar-refractivity contribution in [2.24, 2.45) is 4.99 Å². The summed E-state index contributed by atoms with van der Waals surface area (Å²) in [7, 11) is 0. The van der Waals surface area contributed by atoms with Gasteiger partial charge in [-0.15, -0.1) is 0 Å². The molecule has 2 aliphatic heterocycles. The normalized spacial score (nSPS) is 15.7. The summed E-state index contributed by atoms with van der Waals surface area (Å²) in [5.74, 6) is 1.06. The van der Waals surface area contributed by atoms with E-state index in [0.717, 1.165) is 5.56 Å². The fraction of sp³-hybridized carbons (Fsp3) is 0.194. The molecule has 220 valence electrons. The average Bonchev–Trinajstić information content (AvgIpc) is 3.56. The van der Waals surface area contributed by atoms with Crippen LogP contribution in [0.4, 0.5) is 0 Å². The molecule has 2 aliphatic rings. The van der Waals surface area contributed by atoms with Crippen LogP contribution >= 0.6 is 46.1 Å². The number of benzene rings is 3. The van der Waals surface area contributed by atoms with Crippen LogP contribution in [0.3, 0.4) is 0 Å². The minimum atomic E-state index is -0.797. The zero-order chi connectivity index (χ0) is 30.2. The largest absolute Gasteiger partial charge is 0.488 e. The SMILES string of the molecule is CCOC(=O)C1=C(C)N=c2s/c(=C\c3cc(Cl)ccc3OCc3ccc(Cl)cc3Cl)c(=O)n2[C@@H]1c1ccc2c(c1)OCO2. The Morgan fingerprint density at radius 2 is 1.84 bits per heavy atom. The molecular weight excluding hydrogens is 635 g/mol. The van der Waals surface area contributed by atoms with Gasteiger partial charge in [0.25, 0.3) is 5.56 Å². The predicted molar refractivity (Wildman–Crippen MR) is 165 cm³/mol. The second-order valence-electron chi connectivity index (χ2n) is 9.62. The smallest absolute Gasteiger partial charge is 0.338 e. The van der Waals surface area contributed by atoms with Crippen LogP contribution in [0.25, 0.3) is 6.08 Å². The number of hydrogen-bond donors (Lipinski definition) is 0. The molecule has 8 nitrogen and oxygen atoms in total. The van der Waals surface area contributed by atoms with Crippen LogP contribution in [-0.4, -0.2) is 23.9 Å². The fourth-order valence-electron chi connectivity index (χ4n) is 4.89. The third kappa shape index (κ3) is 5.78. The van der Waals surface area contributed by atoms with E-state index in [4.69, 9.17) is 53.8 Å². The summed E-state index contributed by atoms with van der Waals surface area (Å²) in [5.41, 5.74) is 2.38. The minimum Gasteiger partial charge on any atom is -0.488 e. The topological polar surface area (TPSA) is 88.4 Å². The first-order valence-corrected chi connectivity index (χ1v) is 15.1.